The summed E-state index contributed by atoms with van der Waals surface area (Å²) in [7, 11) is 1.83. The molecule has 32 heavy (non-hydrogen) atoms. The number of morpholine rings is 2. The van der Waals surface area contributed by atoms with Gasteiger partial charge in [0.1, 0.15) is 5.82 Å². The number of guanidine groups is 1. The molecule has 0 aliphatic carbocycles. The summed E-state index contributed by atoms with van der Waals surface area (Å²) in [5, 5.41) is 7.00. The van der Waals surface area contributed by atoms with Crippen LogP contribution >= 0.6 is 24.0 Å². The molecular formula is C23H41IN6O2. The summed E-state index contributed by atoms with van der Waals surface area (Å²) >= 11 is 0. The third kappa shape index (κ3) is 8.64. The monoisotopic (exact) mass is 560 g/mol. The van der Waals surface area contributed by atoms with Gasteiger partial charge in [0, 0.05) is 58.6 Å². The van der Waals surface area contributed by atoms with Gasteiger partial charge in [-0.25, -0.2) is 4.98 Å². The predicted molar refractivity (Wildman–Crippen MR) is 141 cm³/mol. The van der Waals surface area contributed by atoms with Gasteiger partial charge in [-0.05, 0) is 37.0 Å². The Bertz CT molecular complexity index is 699. The Hall–Kier alpha value is -1.17. The van der Waals surface area contributed by atoms with Gasteiger partial charge >= 0.3 is 0 Å². The maximum Gasteiger partial charge on any atom is 0.191 e. The molecule has 2 aliphatic rings. The fourth-order valence-corrected chi connectivity index (χ4v) is 4.24. The first-order valence-corrected chi connectivity index (χ1v) is 11.6. The van der Waals surface area contributed by atoms with E-state index in [4.69, 9.17) is 9.47 Å². The number of aromatic nitrogens is 1. The van der Waals surface area contributed by atoms with E-state index in [1.807, 2.05) is 13.2 Å². The van der Waals surface area contributed by atoms with Crippen LogP contribution in [0, 0.1) is 5.92 Å². The Labute approximate surface area is 210 Å². The van der Waals surface area contributed by atoms with Gasteiger partial charge in [-0.15, -0.1) is 24.0 Å². The van der Waals surface area contributed by atoms with E-state index in [9.17, 15) is 0 Å². The quantitative estimate of drug-likeness (QED) is 0.287. The molecule has 0 amide bonds. The SMILES string of the molecule is CN=C(NCc1ccnc(N2CCOC(C)C2)c1)NCC(CC(C)C)N1CCOCC1.I. The second kappa shape index (κ2) is 14.2. The van der Waals surface area contributed by atoms with Crippen molar-refractivity contribution in [2.45, 2.75) is 45.9 Å². The molecule has 182 valence electrons. The number of pyridine rings is 1. The number of aliphatic imine (C=N–C) groups is 1. The maximum atomic E-state index is 5.65. The number of anilines is 1. The fraction of sp³-hybridized carbons (Fsp3) is 0.739. The van der Waals surface area contributed by atoms with Gasteiger partial charge in [0.15, 0.2) is 5.96 Å². The molecule has 3 heterocycles. The van der Waals surface area contributed by atoms with Crippen LogP contribution in [0.3, 0.4) is 0 Å². The zero-order valence-electron chi connectivity index (χ0n) is 20.0. The minimum Gasteiger partial charge on any atom is -0.379 e. The van der Waals surface area contributed by atoms with E-state index < -0.39 is 0 Å². The van der Waals surface area contributed by atoms with Gasteiger partial charge < -0.3 is 25.0 Å². The molecule has 1 aromatic rings. The number of nitrogens with zero attached hydrogens (tertiary/aromatic N) is 4. The molecule has 2 atom stereocenters. The number of hydrogen-bond acceptors (Lipinski definition) is 6. The van der Waals surface area contributed by atoms with Crippen LogP contribution in [-0.2, 0) is 16.0 Å². The van der Waals surface area contributed by atoms with Gasteiger partial charge in [0.05, 0.1) is 25.9 Å². The van der Waals surface area contributed by atoms with Gasteiger partial charge in [0.25, 0.3) is 0 Å². The Morgan fingerprint density at radius 3 is 2.69 bits per heavy atom. The van der Waals surface area contributed by atoms with Crippen LogP contribution in [0.1, 0.15) is 32.8 Å². The first-order chi connectivity index (χ1) is 15.0. The highest BCUT2D eigenvalue weighted by Crippen LogP contribution is 2.16. The summed E-state index contributed by atoms with van der Waals surface area (Å²) in [4.78, 5) is 13.8. The summed E-state index contributed by atoms with van der Waals surface area (Å²) in [6.45, 7) is 14.5. The second-order valence-corrected chi connectivity index (χ2v) is 8.89. The molecule has 0 saturated carbocycles. The molecule has 3 rings (SSSR count). The summed E-state index contributed by atoms with van der Waals surface area (Å²) in [6, 6.07) is 4.70. The largest absolute Gasteiger partial charge is 0.379 e. The lowest BCUT2D eigenvalue weighted by Crippen LogP contribution is -2.51. The molecule has 9 heteroatoms. The summed E-state index contributed by atoms with van der Waals surface area (Å²) < 4.78 is 11.2. The highest BCUT2D eigenvalue weighted by molar-refractivity contribution is 14.0. The lowest BCUT2D eigenvalue weighted by molar-refractivity contribution is 0.0132. The molecule has 0 aromatic carbocycles. The van der Waals surface area contributed by atoms with E-state index in [-0.39, 0.29) is 30.1 Å². The van der Waals surface area contributed by atoms with Crippen LogP contribution in [0.25, 0.3) is 0 Å². The van der Waals surface area contributed by atoms with E-state index in [1.54, 1.807) is 0 Å². The Morgan fingerprint density at radius 2 is 2.00 bits per heavy atom. The lowest BCUT2D eigenvalue weighted by atomic mass is 10.0. The van der Waals surface area contributed by atoms with E-state index in [0.717, 1.165) is 70.7 Å². The number of hydrogen-bond donors (Lipinski definition) is 2. The Morgan fingerprint density at radius 1 is 1.22 bits per heavy atom. The average Bonchev–Trinajstić information content (AvgIpc) is 2.79. The Balaban J connectivity index is 0.00000363. The van der Waals surface area contributed by atoms with Crippen molar-refractivity contribution in [2.75, 3.05) is 64.5 Å². The van der Waals surface area contributed by atoms with Crippen molar-refractivity contribution < 1.29 is 9.47 Å². The van der Waals surface area contributed by atoms with Crippen molar-refractivity contribution in [3.8, 4) is 0 Å². The number of halogens is 1. The highest BCUT2D eigenvalue weighted by atomic mass is 127. The normalized spacial score (nSPS) is 21.2. The standard InChI is InChI=1S/C23H40N6O2.HI/c1-18(2)13-21(28-7-10-30-11-8-28)16-27-23(24-4)26-15-20-5-6-25-22(14-20)29-9-12-31-19(3)17-29;/h5-6,14,18-19,21H,7-13,15-17H2,1-4H3,(H2,24,26,27);1H. The first-order valence-electron chi connectivity index (χ1n) is 11.6. The van der Waals surface area contributed by atoms with Crippen molar-refractivity contribution in [2.24, 2.45) is 10.9 Å². The molecule has 2 unspecified atom stereocenters. The second-order valence-electron chi connectivity index (χ2n) is 8.89. The summed E-state index contributed by atoms with van der Waals surface area (Å²) in [5.74, 6) is 2.50. The molecule has 2 fully saturated rings. The highest BCUT2D eigenvalue weighted by Gasteiger charge is 2.22. The molecule has 0 spiro atoms. The summed E-state index contributed by atoms with van der Waals surface area (Å²) in [6.07, 6.45) is 3.29. The van der Waals surface area contributed by atoms with Crippen LogP contribution < -0.4 is 15.5 Å². The minimum atomic E-state index is 0. The van der Waals surface area contributed by atoms with E-state index in [2.05, 4.69) is 63.3 Å². The van der Waals surface area contributed by atoms with E-state index in [1.165, 1.54) is 5.56 Å². The van der Waals surface area contributed by atoms with Crippen LogP contribution in [0.15, 0.2) is 23.3 Å². The third-order valence-corrected chi connectivity index (χ3v) is 5.87. The molecule has 0 bridgehead atoms. The molecular weight excluding hydrogens is 519 g/mol. The zero-order valence-corrected chi connectivity index (χ0v) is 22.4. The molecule has 2 aliphatic heterocycles. The van der Waals surface area contributed by atoms with Crippen LogP contribution in [-0.4, -0.2) is 87.6 Å². The van der Waals surface area contributed by atoms with Crippen molar-refractivity contribution in [1.29, 1.82) is 0 Å². The number of rotatable bonds is 8. The van der Waals surface area contributed by atoms with Gasteiger partial charge in [-0.1, -0.05) is 13.8 Å². The van der Waals surface area contributed by atoms with Crippen LogP contribution in [0.4, 0.5) is 5.82 Å². The Kier molecular flexibility index (Phi) is 12.0. The van der Waals surface area contributed by atoms with Gasteiger partial charge in [0.2, 0.25) is 0 Å². The van der Waals surface area contributed by atoms with Crippen LogP contribution in [0.5, 0.6) is 0 Å². The molecule has 1 aromatic heterocycles. The number of ether oxygens (including phenoxy) is 2. The predicted octanol–water partition coefficient (Wildman–Crippen LogP) is 2.34. The van der Waals surface area contributed by atoms with Crippen molar-refractivity contribution in [1.82, 2.24) is 20.5 Å². The minimum absolute atomic E-state index is 0. The molecule has 8 nitrogen and oxygen atoms in total. The molecule has 2 N–H and O–H groups in total. The smallest absolute Gasteiger partial charge is 0.191 e. The molecule has 0 radical (unpaired) electrons. The zero-order chi connectivity index (χ0) is 22.1. The molecule has 2 saturated heterocycles. The average molecular weight is 561 g/mol. The lowest BCUT2D eigenvalue weighted by Gasteiger charge is -2.35. The first kappa shape index (κ1) is 27.1. The maximum absolute atomic E-state index is 5.65. The van der Waals surface area contributed by atoms with Gasteiger partial charge in [-0.2, -0.15) is 0 Å². The summed E-state index contributed by atoms with van der Waals surface area (Å²) in [5.41, 5.74) is 1.19. The van der Waals surface area contributed by atoms with E-state index >= 15 is 0 Å². The topological polar surface area (TPSA) is 74.2 Å². The third-order valence-electron chi connectivity index (χ3n) is 5.87. The van der Waals surface area contributed by atoms with Gasteiger partial charge in [-0.3, -0.25) is 9.89 Å². The fourth-order valence-electron chi connectivity index (χ4n) is 4.24. The van der Waals surface area contributed by atoms with Crippen LogP contribution in [0.2, 0.25) is 0 Å². The number of nitrogens with one attached hydrogen (secondary N) is 2. The van der Waals surface area contributed by atoms with Crippen molar-refractivity contribution in [3.63, 3.8) is 0 Å². The van der Waals surface area contributed by atoms with Crippen molar-refractivity contribution in [3.05, 3.63) is 23.9 Å². The van der Waals surface area contributed by atoms with Crippen molar-refractivity contribution >= 4 is 35.8 Å². The van der Waals surface area contributed by atoms with E-state index in [0.29, 0.717) is 18.5 Å².